The summed E-state index contributed by atoms with van der Waals surface area (Å²) in [6, 6.07) is 13.8. The first-order valence-corrected chi connectivity index (χ1v) is 14.7. The number of benzene rings is 2. The van der Waals surface area contributed by atoms with Crippen LogP contribution in [0.5, 0.6) is 0 Å². The molecule has 0 saturated carbocycles. The lowest BCUT2D eigenvalue weighted by molar-refractivity contribution is -0.141. The number of nitrogens with zero attached hydrogens (tertiary/aromatic N) is 2. The summed E-state index contributed by atoms with van der Waals surface area (Å²) >= 11 is 5.94. The number of unbranched alkanes of at least 4 members (excludes halogenated alkanes) is 1. The monoisotopic (exact) mass is 535 g/mol. The molecule has 0 saturated heterocycles. The van der Waals surface area contributed by atoms with E-state index in [1.54, 1.807) is 29.2 Å². The largest absolute Gasteiger partial charge is 0.354 e. The van der Waals surface area contributed by atoms with Crippen molar-refractivity contribution in [2.24, 2.45) is 0 Å². The van der Waals surface area contributed by atoms with Crippen molar-refractivity contribution >= 4 is 39.1 Å². The molecule has 0 aromatic heterocycles. The van der Waals surface area contributed by atoms with Gasteiger partial charge < -0.3 is 10.2 Å². The standard InChI is InChI=1S/C27H38ClN3O4S/c1-5-7-18-29-27(33)25(6-2)30(20-22-12-10-21(3)11-13-22)26(32)9-8-19-31(36(4,34)35)24-16-14-23(28)15-17-24/h10-17,25H,5-9,18-20H2,1-4H3,(H,29,33)/t25-/m1/s1. The Labute approximate surface area is 220 Å². The number of hydrogen-bond donors (Lipinski definition) is 1. The SMILES string of the molecule is CCCCNC(=O)[C@@H](CC)N(Cc1ccc(C)cc1)C(=O)CCCN(c1ccc(Cl)cc1)S(C)(=O)=O. The summed E-state index contributed by atoms with van der Waals surface area (Å²) in [7, 11) is -3.55. The van der Waals surface area contributed by atoms with E-state index in [0.29, 0.717) is 36.6 Å². The highest BCUT2D eigenvalue weighted by Crippen LogP contribution is 2.22. The van der Waals surface area contributed by atoms with Crippen LogP contribution in [0.1, 0.15) is 57.1 Å². The molecule has 0 aliphatic heterocycles. The number of aryl methyl sites for hydroxylation is 1. The van der Waals surface area contributed by atoms with E-state index in [9.17, 15) is 18.0 Å². The van der Waals surface area contributed by atoms with E-state index in [2.05, 4.69) is 12.2 Å². The van der Waals surface area contributed by atoms with Crippen LogP contribution in [-0.4, -0.2) is 50.5 Å². The fraction of sp³-hybridized carbons (Fsp3) is 0.481. The molecule has 1 N–H and O–H groups in total. The molecule has 0 spiro atoms. The fourth-order valence-corrected chi connectivity index (χ4v) is 5.02. The quantitative estimate of drug-likeness (QED) is 0.348. The Morgan fingerprint density at radius 2 is 1.64 bits per heavy atom. The van der Waals surface area contributed by atoms with Crippen LogP contribution < -0.4 is 9.62 Å². The minimum atomic E-state index is -3.55. The normalized spacial score (nSPS) is 12.1. The first kappa shape index (κ1) is 29.6. The molecule has 0 bridgehead atoms. The van der Waals surface area contributed by atoms with Crippen molar-refractivity contribution in [3.8, 4) is 0 Å². The third kappa shape index (κ3) is 9.13. The zero-order chi connectivity index (χ0) is 26.7. The summed E-state index contributed by atoms with van der Waals surface area (Å²) in [5.74, 6) is -0.344. The summed E-state index contributed by atoms with van der Waals surface area (Å²) in [6.45, 7) is 6.97. The van der Waals surface area contributed by atoms with E-state index in [1.165, 1.54) is 4.31 Å². The van der Waals surface area contributed by atoms with Gasteiger partial charge in [0.25, 0.3) is 0 Å². The average molecular weight is 536 g/mol. The van der Waals surface area contributed by atoms with Crippen molar-refractivity contribution in [1.29, 1.82) is 0 Å². The van der Waals surface area contributed by atoms with Gasteiger partial charge in [0.2, 0.25) is 21.8 Å². The summed E-state index contributed by atoms with van der Waals surface area (Å²) in [4.78, 5) is 28.0. The summed E-state index contributed by atoms with van der Waals surface area (Å²) in [6.07, 6.45) is 3.89. The molecule has 9 heteroatoms. The molecule has 198 valence electrons. The number of anilines is 1. The lowest BCUT2D eigenvalue weighted by Crippen LogP contribution is -2.49. The summed E-state index contributed by atoms with van der Waals surface area (Å²) in [5.41, 5.74) is 2.55. The van der Waals surface area contributed by atoms with Crippen LogP contribution in [0, 0.1) is 6.92 Å². The van der Waals surface area contributed by atoms with Gasteiger partial charge in [-0.05, 0) is 56.0 Å². The maximum atomic E-state index is 13.4. The molecule has 7 nitrogen and oxygen atoms in total. The smallest absolute Gasteiger partial charge is 0.242 e. The summed E-state index contributed by atoms with van der Waals surface area (Å²) < 4.78 is 26.1. The van der Waals surface area contributed by atoms with Gasteiger partial charge in [-0.1, -0.05) is 61.7 Å². The molecule has 0 aliphatic carbocycles. The molecular weight excluding hydrogens is 498 g/mol. The molecule has 2 rings (SSSR count). The van der Waals surface area contributed by atoms with Crippen LogP contribution in [-0.2, 0) is 26.2 Å². The molecule has 2 amide bonds. The van der Waals surface area contributed by atoms with Gasteiger partial charge in [-0.15, -0.1) is 0 Å². The zero-order valence-corrected chi connectivity index (χ0v) is 23.2. The second-order valence-electron chi connectivity index (χ2n) is 8.99. The first-order chi connectivity index (χ1) is 17.1. The zero-order valence-electron chi connectivity index (χ0n) is 21.7. The van der Waals surface area contributed by atoms with Crippen molar-refractivity contribution in [3.05, 3.63) is 64.7 Å². The molecule has 0 aliphatic rings. The summed E-state index contributed by atoms with van der Waals surface area (Å²) in [5, 5.41) is 3.47. The van der Waals surface area contributed by atoms with Gasteiger partial charge in [0.15, 0.2) is 0 Å². The van der Waals surface area contributed by atoms with Crippen molar-refractivity contribution < 1.29 is 18.0 Å². The van der Waals surface area contributed by atoms with Gasteiger partial charge in [-0.2, -0.15) is 0 Å². The molecule has 0 fully saturated rings. The Bertz CT molecular complexity index is 1090. The van der Waals surface area contributed by atoms with Crippen LogP contribution in [0.25, 0.3) is 0 Å². The Hall–Kier alpha value is -2.58. The second kappa shape index (κ2) is 14.2. The highest BCUT2D eigenvalue weighted by atomic mass is 35.5. The third-order valence-corrected chi connectivity index (χ3v) is 7.40. The number of amides is 2. The van der Waals surface area contributed by atoms with Crippen LogP contribution in [0.3, 0.4) is 0 Å². The lowest BCUT2D eigenvalue weighted by atomic mass is 10.1. The molecule has 0 unspecified atom stereocenters. The lowest BCUT2D eigenvalue weighted by Gasteiger charge is -2.31. The molecule has 2 aromatic carbocycles. The van der Waals surface area contributed by atoms with E-state index in [1.807, 2.05) is 38.1 Å². The molecule has 2 aromatic rings. The van der Waals surface area contributed by atoms with E-state index in [-0.39, 0.29) is 24.8 Å². The second-order valence-corrected chi connectivity index (χ2v) is 11.3. The minimum absolute atomic E-state index is 0.115. The van der Waals surface area contributed by atoms with Crippen LogP contribution in [0.4, 0.5) is 5.69 Å². The highest BCUT2D eigenvalue weighted by molar-refractivity contribution is 7.92. The number of sulfonamides is 1. The Morgan fingerprint density at radius 3 is 2.19 bits per heavy atom. The average Bonchev–Trinajstić information content (AvgIpc) is 2.83. The number of carbonyl (C=O) groups is 2. The van der Waals surface area contributed by atoms with Gasteiger partial charge in [0.05, 0.1) is 11.9 Å². The van der Waals surface area contributed by atoms with Crippen molar-refractivity contribution in [2.45, 2.75) is 65.5 Å². The maximum Gasteiger partial charge on any atom is 0.242 e. The van der Waals surface area contributed by atoms with E-state index in [0.717, 1.165) is 30.2 Å². The first-order valence-electron chi connectivity index (χ1n) is 12.4. The van der Waals surface area contributed by atoms with Gasteiger partial charge in [0.1, 0.15) is 6.04 Å². The molecule has 36 heavy (non-hydrogen) atoms. The number of halogens is 1. The van der Waals surface area contributed by atoms with Crippen molar-refractivity contribution in [2.75, 3.05) is 23.7 Å². The molecule has 0 heterocycles. The van der Waals surface area contributed by atoms with E-state index in [4.69, 9.17) is 11.6 Å². The maximum absolute atomic E-state index is 13.4. The third-order valence-electron chi connectivity index (χ3n) is 5.96. The van der Waals surface area contributed by atoms with Crippen molar-refractivity contribution in [3.63, 3.8) is 0 Å². The predicted molar refractivity (Wildman–Crippen MR) is 147 cm³/mol. The highest BCUT2D eigenvalue weighted by Gasteiger charge is 2.28. The van der Waals surface area contributed by atoms with Crippen LogP contribution >= 0.6 is 11.6 Å². The van der Waals surface area contributed by atoms with E-state index >= 15 is 0 Å². The van der Waals surface area contributed by atoms with Crippen LogP contribution in [0.2, 0.25) is 5.02 Å². The fourth-order valence-electron chi connectivity index (χ4n) is 3.93. The van der Waals surface area contributed by atoms with Gasteiger partial charge >= 0.3 is 0 Å². The number of nitrogens with one attached hydrogen (secondary N) is 1. The topological polar surface area (TPSA) is 86.8 Å². The number of rotatable bonds is 14. The van der Waals surface area contributed by atoms with Gasteiger partial charge in [0, 0.05) is 31.1 Å². The van der Waals surface area contributed by atoms with E-state index < -0.39 is 16.1 Å². The van der Waals surface area contributed by atoms with Crippen LogP contribution in [0.15, 0.2) is 48.5 Å². The Kier molecular flexibility index (Phi) is 11.7. The van der Waals surface area contributed by atoms with Gasteiger partial charge in [-0.3, -0.25) is 13.9 Å². The molecule has 0 radical (unpaired) electrons. The predicted octanol–water partition coefficient (Wildman–Crippen LogP) is 4.92. The molecule has 1 atom stereocenters. The molecular formula is C27H38ClN3O4S. The van der Waals surface area contributed by atoms with Gasteiger partial charge in [-0.25, -0.2) is 8.42 Å². The Balaban J connectivity index is 2.18. The number of hydrogen-bond acceptors (Lipinski definition) is 4. The Morgan fingerprint density at radius 1 is 1.00 bits per heavy atom. The minimum Gasteiger partial charge on any atom is -0.354 e. The number of carbonyl (C=O) groups excluding carboxylic acids is 2. The van der Waals surface area contributed by atoms with Crippen molar-refractivity contribution in [1.82, 2.24) is 10.2 Å².